The normalized spacial score (nSPS) is 10.5. The Balaban J connectivity index is -0.000000139. The van der Waals surface area contributed by atoms with Gasteiger partial charge in [0.05, 0.1) is 0 Å². The van der Waals surface area contributed by atoms with Crippen LogP contribution in [-0.4, -0.2) is 17.6 Å². The Kier molecular flexibility index (Phi) is 20.4. The molecule has 0 aliphatic rings. The second kappa shape index (κ2) is 14.2. The van der Waals surface area contributed by atoms with Gasteiger partial charge in [-0.2, -0.15) is 0 Å². The Morgan fingerprint density at radius 2 is 1.21 bits per heavy atom. The molecule has 0 aromatic rings. The molecule has 0 atom stereocenters. The molecule has 3 nitrogen and oxygen atoms in total. The fourth-order valence-electron chi connectivity index (χ4n) is 0.605. The van der Waals surface area contributed by atoms with Crippen LogP contribution < -0.4 is 0 Å². The van der Waals surface area contributed by atoms with E-state index in [0.29, 0.717) is 0 Å². The van der Waals surface area contributed by atoms with Crippen LogP contribution in [0, 0.1) is 14.9 Å². The third-order valence-electron chi connectivity index (χ3n) is 1.31. The van der Waals surface area contributed by atoms with E-state index in [2.05, 4.69) is 62.6 Å². The van der Waals surface area contributed by atoms with Crippen LogP contribution in [0.1, 0.15) is 54.9 Å². The van der Waals surface area contributed by atoms with Crippen molar-refractivity contribution < 1.29 is 19.6 Å². The maximum absolute atomic E-state index is 4.29. The van der Waals surface area contributed by atoms with E-state index >= 15 is 0 Å². The molecule has 118 valence electrons. The monoisotopic (exact) mass is 439 g/mol. The van der Waals surface area contributed by atoms with Crippen molar-refractivity contribution in [3.8, 4) is 0 Å². The van der Waals surface area contributed by atoms with Crippen molar-refractivity contribution in [2.24, 2.45) is 3.50 Å². The van der Waals surface area contributed by atoms with Gasteiger partial charge in [-0.3, -0.25) is 0 Å². The van der Waals surface area contributed by atoms with Gasteiger partial charge in [-0.05, 0) is 0 Å². The first-order valence-electron chi connectivity index (χ1n) is 6.00. The van der Waals surface area contributed by atoms with Gasteiger partial charge in [0.25, 0.3) is 0 Å². The molecule has 19 heavy (non-hydrogen) atoms. The zero-order valence-corrected chi connectivity index (χ0v) is 17.3. The van der Waals surface area contributed by atoms with Crippen LogP contribution in [0.15, 0.2) is 15.9 Å². The maximum atomic E-state index is 4.29. The zero-order chi connectivity index (χ0) is 13.9. The van der Waals surface area contributed by atoms with Gasteiger partial charge in [0.15, 0.2) is 0 Å². The molecular weight excluding hydrogens is 406 g/mol. The van der Waals surface area contributed by atoms with E-state index in [9.17, 15) is 0 Å². The number of hydrogen-bond donors (Lipinski definition) is 0. The molecule has 0 aliphatic heterocycles. The van der Waals surface area contributed by atoms with Crippen molar-refractivity contribution in [1.29, 1.82) is 0 Å². The van der Waals surface area contributed by atoms with Gasteiger partial charge in [0, 0.05) is 0 Å². The van der Waals surface area contributed by atoms with E-state index in [1.165, 1.54) is 26.1 Å². The summed E-state index contributed by atoms with van der Waals surface area (Å²) in [7, 11) is 0. The molecule has 0 aliphatic carbocycles. The van der Waals surface area contributed by atoms with Gasteiger partial charge < -0.3 is 25.5 Å². The Morgan fingerprint density at radius 1 is 0.895 bits per heavy atom. The number of hydrogen-bond acceptors (Lipinski definition) is 1. The predicted octanol–water partition coefficient (Wildman–Crippen LogP) is 5.83. The number of rotatable bonds is 4. The van der Waals surface area contributed by atoms with Gasteiger partial charge in [-0.1, -0.05) is 41.5 Å². The SMILES string of the molecule is CC(C)(C)[N-]/C=C\[N-]C(C)(C)C.CCC[N]=[W].[CH3-].[CH3-]. The topological polar surface area (TPSA) is 40.6 Å². The first-order chi connectivity index (χ1) is 7.62. The van der Waals surface area contributed by atoms with E-state index in [-0.39, 0.29) is 25.9 Å². The molecule has 0 heterocycles. The van der Waals surface area contributed by atoms with Crippen LogP contribution in [-0.2, 0) is 19.6 Å². The minimum absolute atomic E-state index is 0. The Bertz CT molecular complexity index is 194. The summed E-state index contributed by atoms with van der Waals surface area (Å²) in [5.74, 6) is 0. The van der Waals surface area contributed by atoms with Crippen LogP contribution >= 0.6 is 0 Å². The van der Waals surface area contributed by atoms with E-state index in [4.69, 9.17) is 0 Å². The van der Waals surface area contributed by atoms with Gasteiger partial charge in [0.1, 0.15) is 0 Å². The van der Waals surface area contributed by atoms with E-state index < -0.39 is 0 Å². The van der Waals surface area contributed by atoms with Crippen LogP contribution in [0.25, 0.3) is 10.6 Å². The van der Waals surface area contributed by atoms with Crippen molar-refractivity contribution in [2.45, 2.75) is 66.0 Å². The van der Waals surface area contributed by atoms with Crippen molar-refractivity contribution >= 4 is 0 Å². The summed E-state index contributed by atoms with van der Waals surface area (Å²) in [4.78, 5) is 0. The van der Waals surface area contributed by atoms with E-state index in [1.54, 1.807) is 12.4 Å². The Morgan fingerprint density at radius 3 is 1.32 bits per heavy atom. The molecule has 0 aromatic carbocycles. The Hall–Kier alpha value is -0.172. The molecular formula is C15H33N3W-4. The molecule has 0 unspecified atom stereocenters. The predicted molar refractivity (Wildman–Crippen MR) is 85.8 cm³/mol. The first-order valence-corrected chi connectivity index (χ1v) is 7.31. The Labute approximate surface area is 133 Å². The van der Waals surface area contributed by atoms with E-state index in [0.717, 1.165) is 6.54 Å². The van der Waals surface area contributed by atoms with Crippen molar-refractivity contribution in [3.05, 3.63) is 37.9 Å². The molecule has 0 N–H and O–H groups in total. The minimum atomic E-state index is 0. The summed E-state index contributed by atoms with van der Waals surface area (Å²) >= 11 is 1.35. The largest absolute Gasteiger partial charge is 0.358 e. The van der Waals surface area contributed by atoms with Crippen LogP contribution in [0.2, 0.25) is 0 Å². The van der Waals surface area contributed by atoms with Crippen LogP contribution in [0.5, 0.6) is 0 Å². The summed E-state index contributed by atoms with van der Waals surface area (Å²) in [5, 5.41) is 8.57. The molecule has 4 heteroatoms. The average Bonchev–Trinajstić information content (AvgIpc) is 2.12. The van der Waals surface area contributed by atoms with Gasteiger partial charge in [-0.15, -0.1) is 11.1 Å². The molecule has 0 rings (SSSR count). The minimum Gasteiger partial charge on any atom is -0.358 e. The zero-order valence-electron chi connectivity index (χ0n) is 14.3. The molecule has 0 aromatic heterocycles. The molecule has 0 fully saturated rings. The maximum Gasteiger partial charge on any atom is -0.358 e. The summed E-state index contributed by atoms with van der Waals surface area (Å²) < 4.78 is 3.94. The summed E-state index contributed by atoms with van der Waals surface area (Å²) in [6, 6.07) is 0. The van der Waals surface area contributed by atoms with Crippen LogP contribution in [0.3, 0.4) is 0 Å². The second-order valence-electron chi connectivity index (χ2n) is 5.75. The summed E-state index contributed by atoms with van der Waals surface area (Å²) in [5.41, 5.74) is 0.00775. The summed E-state index contributed by atoms with van der Waals surface area (Å²) in [6.45, 7) is 15.6. The summed E-state index contributed by atoms with van der Waals surface area (Å²) in [6.07, 6.45) is 4.74. The van der Waals surface area contributed by atoms with Gasteiger partial charge in [-0.25, -0.2) is 12.4 Å². The van der Waals surface area contributed by atoms with Crippen LogP contribution in [0.4, 0.5) is 0 Å². The molecule has 0 radical (unpaired) electrons. The van der Waals surface area contributed by atoms with E-state index in [1.807, 2.05) is 0 Å². The van der Waals surface area contributed by atoms with Crippen molar-refractivity contribution in [1.82, 2.24) is 0 Å². The smallest absolute Gasteiger partial charge is 0.358 e. The fraction of sp³-hybridized carbons (Fsp3) is 0.733. The van der Waals surface area contributed by atoms with Gasteiger partial charge >= 0.3 is 43.0 Å². The molecule has 0 amide bonds. The third-order valence-corrected chi connectivity index (χ3v) is 1.96. The molecule has 0 bridgehead atoms. The second-order valence-corrected chi connectivity index (χ2v) is 6.68. The quantitative estimate of drug-likeness (QED) is 0.495. The molecule has 0 spiro atoms. The third kappa shape index (κ3) is 38.1. The fourth-order valence-corrected chi connectivity index (χ4v) is 1.26. The first kappa shape index (κ1) is 27.2. The standard InChI is InChI=1S/C10H20N2.C3H7N.2CH3.W/c1-9(2,3)11-7-8-12-10(4,5)6;1-2-3-4;;;/h7-8H,1-6H3;2-3H2,1H3;2*1H3;/q-2;;2*-1;/b8-7-;;;;. The molecule has 0 saturated heterocycles. The average molecular weight is 439 g/mol. The number of nitrogens with zero attached hydrogens (tertiary/aromatic N) is 3. The van der Waals surface area contributed by atoms with Crippen molar-refractivity contribution in [2.75, 3.05) is 6.54 Å². The van der Waals surface area contributed by atoms with Gasteiger partial charge in [0.2, 0.25) is 0 Å². The van der Waals surface area contributed by atoms with Crippen molar-refractivity contribution in [3.63, 3.8) is 0 Å². The molecule has 0 saturated carbocycles.